The van der Waals surface area contributed by atoms with Gasteiger partial charge in [-0.1, -0.05) is 19.1 Å². The third-order valence-electron chi connectivity index (χ3n) is 3.90. The molecule has 22 heavy (non-hydrogen) atoms. The van der Waals surface area contributed by atoms with Gasteiger partial charge >= 0.3 is 12.1 Å². The van der Waals surface area contributed by atoms with E-state index in [2.05, 4.69) is 0 Å². The Morgan fingerprint density at radius 3 is 2.82 bits per heavy atom. The molecule has 0 fully saturated rings. The van der Waals surface area contributed by atoms with Gasteiger partial charge in [-0.05, 0) is 36.5 Å². The highest BCUT2D eigenvalue weighted by molar-refractivity contribution is 5.72. The number of fused-ring (bicyclic) bond motifs is 1. The van der Waals surface area contributed by atoms with Crippen molar-refractivity contribution in [2.45, 2.75) is 33.2 Å². The Bertz CT molecular complexity index is 588. The third kappa shape index (κ3) is 3.37. The van der Waals surface area contributed by atoms with Gasteiger partial charge in [0.2, 0.25) is 0 Å². The Labute approximate surface area is 128 Å². The van der Waals surface area contributed by atoms with E-state index < -0.39 is 12.0 Å². The molecule has 0 aromatic heterocycles. The van der Waals surface area contributed by atoms with Gasteiger partial charge in [-0.25, -0.2) is 9.18 Å². The Morgan fingerprint density at radius 1 is 1.45 bits per heavy atom. The van der Waals surface area contributed by atoms with E-state index in [0.29, 0.717) is 29.7 Å². The average molecular weight is 309 g/mol. The molecule has 1 unspecified atom stereocenters. The number of esters is 1. The SMILES string of the molecule is CCOC(=O)C(C)Cc1ccc2c(c1F)CCN(C(=O)O)C2. The van der Waals surface area contributed by atoms with Gasteiger partial charge in [0.15, 0.2) is 0 Å². The molecule has 0 spiro atoms. The summed E-state index contributed by atoms with van der Waals surface area (Å²) in [5, 5.41) is 9.00. The number of halogens is 1. The van der Waals surface area contributed by atoms with E-state index in [1.165, 1.54) is 4.90 Å². The maximum atomic E-state index is 14.6. The molecule has 0 radical (unpaired) electrons. The molecule has 1 atom stereocenters. The molecule has 0 aliphatic carbocycles. The van der Waals surface area contributed by atoms with E-state index in [-0.39, 0.29) is 31.3 Å². The molecule has 120 valence electrons. The van der Waals surface area contributed by atoms with Crippen molar-refractivity contribution in [1.29, 1.82) is 0 Å². The van der Waals surface area contributed by atoms with Crippen LogP contribution in [-0.4, -0.2) is 35.2 Å². The van der Waals surface area contributed by atoms with Gasteiger partial charge in [0, 0.05) is 13.1 Å². The summed E-state index contributed by atoms with van der Waals surface area (Å²) in [5.41, 5.74) is 1.73. The predicted molar refractivity (Wildman–Crippen MR) is 78.0 cm³/mol. The fourth-order valence-corrected chi connectivity index (χ4v) is 2.68. The van der Waals surface area contributed by atoms with E-state index in [1.54, 1.807) is 26.0 Å². The van der Waals surface area contributed by atoms with Crippen molar-refractivity contribution in [3.05, 3.63) is 34.6 Å². The molecule has 1 N–H and O–H groups in total. The van der Waals surface area contributed by atoms with Crippen molar-refractivity contribution < 1.29 is 23.8 Å². The zero-order valence-corrected chi connectivity index (χ0v) is 12.8. The lowest BCUT2D eigenvalue weighted by Gasteiger charge is -2.27. The van der Waals surface area contributed by atoms with Gasteiger partial charge in [0.25, 0.3) is 0 Å². The molecule has 1 aromatic carbocycles. The van der Waals surface area contributed by atoms with Crippen LogP contribution in [0.4, 0.5) is 9.18 Å². The van der Waals surface area contributed by atoms with Crippen LogP contribution in [0.1, 0.15) is 30.5 Å². The van der Waals surface area contributed by atoms with E-state index >= 15 is 0 Å². The number of carbonyl (C=O) groups is 2. The number of benzene rings is 1. The van der Waals surface area contributed by atoms with Gasteiger partial charge in [-0.2, -0.15) is 0 Å². The first-order chi connectivity index (χ1) is 10.4. The first kappa shape index (κ1) is 16.3. The largest absolute Gasteiger partial charge is 0.466 e. The Morgan fingerprint density at radius 2 is 2.18 bits per heavy atom. The molecule has 2 rings (SSSR count). The zero-order chi connectivity index (χ0) is 16.3. The highest BCUT2D eigenvalue weighted by atomic mass is 19.1. The number of hydrogen-bond acceptors (Lipinski definition) is 3. The number of hydrogen-bond donors (Lipinski definition) is 1. The molecule has 5 nitrogen and oxygen atoms in total. The molecule has 1 amide bonds. The highest BCUT2D eigenvalue weighted by Gasteiger charge is 2.25. The third-order valence-corrected chi connectivity index (χ3v) is 3.90. The lowest BCUT2D eigenvalue weighted by atomic mass is 9.92. The minimum absolute atomic E-state index is 0.204. The molecule has 1 heterocycles. The normalized spacial score (nSPS) is 15.1. The average Bonchev–Trinajstić information content (AvgIpc) is 2.49. The Kier molecular flexibility index (Phi) is 5.00. The summed E-state index contributed by atoms with van der Waals surface area (Å²) in [7, 11) is 0. The van der Waals surface area contributed by atoms with Crippen LogP contribution in [0.5, 0.6) is 0 Å². The van der Waals surface area contributed by atoms with Crippen molar-refractivity contribution in [3.63, 3.8) is 0 Å². The van der Waals surface area contributed by atoms with Crippen molar-refractivity contribution >= 4 is 12.1 Å². The van der Waals surface area contributed by atoms with E-state index in [9.17, 15) is 14.0 Å². The number of rotatable bonds is 4. The van der Waals surface area contributed by atoms with Crippen LogP contribution in [0.15, 0.2) is 12.1 Å². The molecule has 0 saturated carbocycles. The van der Waals surface area contributed by atoms with Gasteiger partial charge in [0.1, 0.15) is 5.82 Å². The molecule has 0 saturated heterocycles. The monoisotopic (exact) mass is 309 g/mol. The van der Waals surface area contributed by atoms with Gasteiger partial charge in [0.05, 0.1) is 12.5 Å². The van der Waals surface area contributed by atoms with Crippen molar-refractivity contribution in [2.75, 3.05) is 13.2 Å². The van der Waals surface area contributed by atoms with Crippen LogP contribution in [0.25, 0.3) is 0 Å². The summed E-state index contributed by atoms with van der Waals surface area (Å²) in [6, 6.07) is 3.38. The lowest BCUT2D eigenvalue weighted by molar-refractivity contribution is -0.147. The maximum Gasteiger partial charge on any atom is 0.407 e. The van der Waals surface area contributed by atoms with Crippen LogP contribution >= 0.6 is 0 Å². The number of amides is 1. The molecular weight excluding hydrogens is 289 g/mol. The lowest BCUT2D eigenvalue weighted by Crippen LogP contribution is -2.35. The second kappa shape index (κ2) is 6.77. The second-order valence-electron chi connectivity index (χ2n) is 5.49. The minimum atomic E-state index is -0.994. The molecule has 1 aliphatic heterocycles. The fourth-order valence-electron chi connectivity index (χ4n) is 2.68. The van der Waals surface area contributed by atoms with Crippen LogP contribution < -0.4 is 0 Å². The molecule has 1 aromatic rings. The first-order valence-electron chi connectivity index (χ1n) is 7.37. The molecule has 0 bridgehead atoms. The maximum absolute atomic E-state index is 14.6. The summed E-state index contributed by atoms with van der Waals surface area (Å²) in [6.45, 7) is 4.24. The van der Waals surface area contributed by atoms with Gasteiger partial charge in [-0.15, -0.1) is 0 Å². The fraction of sp³-hybridized carbons (Fsp3) is 0.500. The molecule has 6 heteroatoms. The quantitative estimate of drug-likeness (QED) is 0.868. The smallest absolute Gasteiger partial charge is 0.407 e. The summed E-state index contributed by atoms with van der Waals surface area (Å²) in [5.74, 6) is -1.07. The van der Waals surface area contributed by atoms with Gasteiger partial charge < -0.3 is 14.7 Å². The van der Waals surface area contributed by atoms with Crippen LogP contribution in [0.2, 0.25) is 0 Å². The summed E-state index contributed by atoms with van der Waals surface area (Å²) < 4.78 is 19.5. The Balaban J connectivity index is 2.16. The predicted octanol–water partition coefficient (Wildman–Crippen LogP) is 2.60. The van der Waals surface area contributed by atoms with Crippen LogP contribution in [-0.2, 0) is 28.9 Å². The van der Waals surface area contributed by atoms with Crippen molar-refractivity contribution in [1.82, 2.24) is 4.90 Å². The van der Waals surface area contributed by atoms with Crippen LogP contribution in [0, 0.1) is 11.7 Å². The molecule has 1 aliphatic rings. The minimum Gasteiger partial charge on any atom is -0.466 e. The highest BCUT2D eigenvalue weighted by Crippen LogP contribution is 2.26. The number of ether oxygens (including phenoxy) is 1. The number of carbonyl (C=O) groups excluding carboxylic acids is 1. The summed E-state index contributed by atoms with van der Waals surface area (Å²) >= 11 is 0. The van der Waals surface area contributed by atoms with Crippen molar-refractivity contribution in [3.8, 4) is 0 Å². The van der Waals surface area contributed by atoms with Crippen LogP contribution in [0.3, 0.4) is 0 Å². The standard InChI is InChI=1S/C16H20FNO4/c1-3-22-15(19)10(2)8-11-4-5-12-9-18(16(20)21)7-6-13(12)14(11)17/h4-5,10H,3,6-9H2,1-2H3,(H,20,21). The zero-order valence-electron chi connectivity index (χ0n) is 12.8. The van der Waals surface area contributed by atoms with E-state index in [4.69, 9.17) is 9.84 Å². The van der Waals surface area contributed by atoms with E-state index in [1.807, 2.05) is 0 Å². The van der Waals surface area contributed by atoms with Gasteiger partial charge in [-0.3, -0.25) is 4.79 Å². The Hall–Kier alpha value is -2.11. The number of carboxylic acid groups (broad SMARTS) is 1. The first-order valence-corrected chi connectivity index (χ1v) is 7.37. The molecular formula is C16H20FNO4. The topological polar surface area (TPSA) is 66.8 Å². The number of nitrogens with zero attached hydrogens (tertiary/aromatic N) is 1. The second-order valence-corrected chi connectivity index (χ2v) is 5.49. The van der Waals surface area contributed by atoms with E-state index in [0.717, 1.165) is 0 Å². The van der Waals surface area contributed by atoms with Crippen molar-refractivity contribution in [2.24, 2.45) is 5.92 Å². The summed E-state index contributed by atoms with van der Waals surface area (Å²) in [6.07, 6.45) is -0.360. The summed E-state index contributed by atoms with van der Waals surface area (Å²) in [4.78, 5) is 23.9.